The van der Waals surface area contributed by atoms with Gasteiger partial charge in [-0.15, -0.1) is 0 Å². The van der Waals surface area contributed by atoms with Crippen LogP contribution in [0.4, 0.5) is 8.78 Å². The average molecular weight is 219 g/mol. The highest BCUT2D eigenvalue weighted by Gasteiger charge is 2.38. The molecule has 6 heteroatoms. The lowest BCUT2D eigenvalue weighted by molar-refractivity contribution is -0.0716. The molecular formula is C9H11F2NO3. The van der Waals surface area contributed by atoms with Crippen molar-refractivity contribution in [1.29, 1.82) is 0 Å². The number of benzene rings is 1. The second-order valence-corrected chi connectivity index (χ2v) is 3.11. The Morgan fingerprint density at radius 2 is 1.93 bits per heavy atom. The third-order valence-electron chi connectivity index (χ3n) is 2.05. The van der Waals surface area contributed by atoms with Gasteiger partial charge in [0.1, 0.15) is 12.6 Å². The summed E-state index contributed by atoms with van der Waals surface area (Å²) >= 11 is 0. The van der Waals surface area contributed by atoms with E-state index in [0.717, 1.165) is 12.1 Å². The number of hydrogen-bond acceptors (Lipinski definition) is 4. The van der Waals surface area contributed by atoms with Crippen molar-refractivity contribution in [3.8, 4) is 11.5 Å². The number of aliphatic hydroxyl groups is 1. The van der Waals surface area contributed by atoms with E-state index in [1.807, 2.05) is 0 Å². The predicted molar refractivity (Wildman–Crippen MR) is 48.7 cm³/mol. The molecule has 0 bridgehead atoms. The van der Waals surface area contributed by atoms with Gasteiger partial charge >= 0.3 is 0 Å². The zero-order valence-electron chi connectivity index (χ0n) is 7.69. The van der Waals surface area contributed by atoms with Gasteiger partial charge < -0.3 is 21.1 Å². The van der Waals surface area contributed by atoms with Gasteiger partial charge in [-0.3, -0.25) is 0 Å². The molecule has 1 aromatic rings. The van der Waals surface area contributed by atoms with E-state index in [-0.39, 0.29) is 5.56 Å². The Balaban J connectivity index is 3.12. The Morgan fingerprint density at radius 1 is 1.33 bits per heavy atom. The molecule has 1 atom stereocenters. The summed E-state index contributed by atoms with van der Waals surface area (Å²) in [6.45, 7) is -1.43. The monoisotopic (exact) mass is 219 g/mol. The maximum atomic E-state index is 13.0. The van der Waals surface area contributed by atoms with Crippen LogP contribution in [0.25, 0.3) is 0 Å². The normalized spacial score (nSPS) is 13.9. The second-order valence-electron chi connectivity index (χ2n) is 3.11. The van der Waals surface area contributed by atoms with Crippen LogP contribution in [0.5, 0.6) is 11.5 Å². The molecule has 0 heterocycles. The fourth-order valence-corrected chi connectivity index (χ4v) is 1.13. The van der Waals surface area contributed by atoms with Crippen LogP contribution in [0, 0.1) is 0 Å². The summed E-state index contributed by atoms with van der Waals surface area (Å²) in [5.41, 5.74) is 4.86. The van der Waals surface area contributed by atoms with E-state index >= 15 is 0 Å². The first-order valence-electron chi connectivity index (χ1n) is 4.15. The first-order valence-corrected chi connectivity index (χ1v) is 4.15. The summed E-state index contributed by atoms with van der Waals surface area (Å²) in [6.07, 6.45) is 0. The molecule has 0 aromatic heterocycles. The molecule has 15 heavy (non-hydrogen) atoms. The molecule has 1 aromatic carbocycles. The van der Waals surface area contributed by atoms with E-state index in [9.17, 15) is 13.9 Å². The van der Waals surface area contributed by atoms with E-state index in [4.69, 9.17) is 15.9 Å². The zero-order valence-corrected chi connectivity index (χ0v) is 7.69. The van der Waals surface area contributed by atoms with E-state index in [0.29, 0.717) is 0 Å². The number of halogens is 2. The molecule has 0 radical (unpaired) electrons. The van der Waals surface area contributed by atoms with Crippen molar-refractivity contribution >= 4 is 0 Å². The van der Waals surface area contributed by atoms with Gasteiger partial charge in [0, 0.05) is 5.56 Å². The molecule has 0 unspecified atom stereocenters. The van der Waals surface area contributed by atoms with Crippen molar-refractivity contribution in [3.63, 3.8) is 0 Å². The number of nitrogens with two attached hydrogens (primary N) is 1. The van der Waals surface area contributed by atoms with Gasteiger partial charge in [-0.1, -0.05) is 12.1 Å². The summed E-state index contributed by atoms with van der Waals surface area (Å²) in [5, 5.41) is 26.8. The molecule has 0 fully saturated rings. The topological polar surface area (TPSA) is 86.7 Å². The van der Waals surface area contributed by atoms with Gasteiger partial charge in [-0.25, -0.2) is 8.78 Å². The van der Waals surface area contributed by atoms with Gasteiger partial charge in [0.2, 0.25) is 0 Å². The van der Waals surface area contributed by atoms with E-state index in [1.165, 1.54) is 6.07 Å². The third-order valence-corrected chi connectivity index (χ3v) is 2.05. The molecule has 84 valence electrons. The summed E-state index contributed by atoms with van der Waals surface area (Å²) in [6, 6.07) is 1.71. The molecule has 1 rings (SSSR count). The van der Waals surface area contributed by atoms with E-state index < -0.39 is 30.1 Å². The lowest BCUT2D eigenvalue weighted by Gasteiger charge is -2.22. The van der Waals surface area contributed by atoms with Crippen LogP contribution in [0.3, 0.4) is 0 Å². The van der Waals surface area contributed by atoms with Gasteiger partial charge in [0.15, 0.2) is 11.5 Å². The summed E-state index contributed by atoms with van der Waals surface area (Å²) < 4.78 is 26.0. The number of aliphatic hydroxyl groups excluding tert-OH is 1. The largest absolute Gasteiger partial charge is 0.504 e. The minimum Gasteiger partial charge on any atom is -0.504 e. The lowest BCUT2D eigenvalue weighted by atomic mass is 10.0. The zero-order chi connectivity index (χ0) is 11.6. The van der Waals surface area contributed by atoms with Crippen molar-refractivity contribution in [3.05, 3.63) is 23.8 Å². The highest BCUT2D eigenvalue weighted by molar-refractivity contribution is 5.46. The van der Waals surface area contributed by atoms with Crippen molar-refractivity contribution < 1.29 is 24.1 Å². The Bertz CT molecular complexity index is 357. The van der Waals surface area contributed by atoms with E-state index in [1.54, 1.807) is 0 Å². The number of alkyl halides is 2. The lowest BCUT2D eigenvalue weighted by Crippen LogP contribution is -2.36. The molecule has 4 nitrogen and oxygen atoms in total. The van der Waals surface area contributed by atoms with Gasteiger partial charge in [0.25, 0.3) is 5.92 Å². The number of phenolic OH excluding ortho intramolecular Hbond substituents is 2. The summed E-state index contributed by atoms with van der Waals surface area (Å²) in [4.78, 5) is 0. The third kappa shape index (κ3) is 2.16. The van der Waals surface area contributed by atoms with Crippen molar-refractivity contribution in [1.82, 2.24) is 0 Å². The number of phenols is 2. The minimum atomic E-state index is -3.55. The van der Waals surface area contributed by atoms with Gasteiger partial charge in [0.05, 0.1) is 0 Å². The van der Waals surface area contributed by atoms with Crippen LogP contribution in [0.1, 0.15) is 11.6 Å². The number of hydrogen-bond donors (Lipinski definition) is 4. The Kier molecular flexibility index (Phi) is 3.11. The van der Waals surface area contributed by atoms with Crippen LogP contribution < -0.4 is 5.73 Å². The highest BCUT2D eigenvalue weighted by Crippen LogP contribution is 2.37. The Labute approximate surface area is 84.6 Å². The fourth-order valence-electron chi connectivity index (χ4n) is 1.13. The highest BCUT2D eigenvalue weighted by atomic mass is 19.3. The Morgan fingerprint density at radius 3 is 2.47 bits per heavy atom. The van der Waals surface area contributed by atoms with Gasteiger partial charge in [-0.05, 0) is 6.07 Å². The molecule has 5 N–H and O–H groups in total. The maximum absolute atomic E-state index is 13.0. The second kappa shape index (κ2) is 4.00. The van der Waals surface area contributed by atoms with Crippen LogP contribution in [0.15, 0.2) is 18.2 Å². The molecule has 0 saturated carbocycles. The van der Waals surface area contributed by atoms with E-state index in [2.05, 4.69) is 0 Å². The number of rotatable bonds is 3. The molecule has 0 amide bonds. The van der Waals surface area contributed by atoms with Crippen LogP contribution in [-0.2, 0) is 0 Å². The van der Waals surface area contributed by atoms with Crippen molar-refractivity contribution in [2.24, 2.45) is 5.73 Å². The number of aromatic hydroxyl groups is 2. The molecule has 0 aliphatic heterocycles. The SMILES string of the molecule is N[C@@H](c1cccc(O)c1O)C(F)(F)CO. The van der Waals surface area contributed by atoms with Crippen molar-refractivity contribution in [2.45, 2.75) is 12.0 Å². The van der Waals surface area contributed by atoms with Gasteiger partial charge in [-0.2, -0.15) is 0 Å². The first kappa shape index (κ1) is 11.7. The minimum absolute atomic E-state index is 0.311. The smallest absolute Gasteiger partial charge is 0.289 e. The quantitative estimate of drug-likeness (QED) is 0.564. The standard InChI is InChI=1S/C9H11F2NO3/c10-9(11,4-13)8(12)5-2-1-3-6(14)7(5)15/h1-3,8,13-15H,4,12H2/t8-/m0/s1. The molecule has 0 spiro atoms. The van der Waals surface area contributed by atoms with Crippen molar-refractivity contribution in [2.75, 3.05) is 6.61 Å². The predicted octanol–water partition coefficient (Wildman–Crippen LogP) is 0.725. The first-order chi connectivity index (χ1) is 6.90. The molecule has 0 aliphatic rings. The van der Waals surface area contributed by atoms with Crippen LogP contribution >= 0.6 is 0 Å². The maximum Gasteiger partial charge on any atom is 0.289 e. The van der Waals surface area contributed by atoms with Crippen LogP contribution in [-0.4, -0.2) is 27.8 Å². The number of para-hydroxylation sites is 1. The van der Waals surface area contributed by atoms with Crippen LogP contribution in [0.2, 0.25) is 0 Å². The average Bonchev–Trinajstić information content (AvgIpc) is 2.21. The molecular weight excluding hydrogens is 208 g/mol. The summed E-state index contributed by atoms with van der Waals surface area (Å²) in [5.74, 6) is -4.78. The fraction of sp³-hybridized carbons (Fsp3) is 0.333. The molecule has 0 saturated heterocycles. The molecule has 0 aliphatic carbocycles. The Hall–Kier alpha value is -1.40. The summed E-state index contributed by atoms with van der Waals surface area (Å²) in [7, 11) is 0.